The molecule has 1 saturated heterocycles. The fourth-order valence-corrected chi connectivity index (χ4v) is 3.34. The lowest BCUT2D eigenvalue weighted by Crippen LogP contribution is -2.44. The number of hydrogen-bond acceptors (Lipinski definition) is 4. The lowest BCUT2D eigenvalue weighted by Gasteiger charge is -2.32. The largest absolute Gasteiger partial charge is 0.486 e. The fourth-order valence-electron chi connectivity index (χ4n) is 2.79. The monoisotopic (exact) mass is 354 g/mol. The summed E-state index contributed by atoms with van der Waals surface area (Å²) in [6, 6.07) is 4.12. The quantitative estimate of drug-likeness (QED) is 0.882. The molecule has 0 aliphatic carbocycles. The molecule has 1 amide bonds. The number of benzene rings is 1. The zero-order valence-electron chi connectivity index (χ0n) is 12.0. The predicted octanol–water partition coefficient (Wildman–Crippen LogP) is 2.04. The highest BCUT2D eigenvalue weighted by atomic mass is 79.9. The zero-order chi connectivity index (χ0) is 14.8. The second kappa shape index (κ2) is 6.23. The summed E-state index contributed by atoms with van der Waals surface area (Å²) >= 11 is 3.46. The van der Waals surface area contributed by atoms with Gasteiger partial charge in [0.1, 0.15) is 13.2 Å². The molecule has 0 radical (unpaired) electrons. The van der Waals surface area contributed by atoms with Gasteiger partial charge in [0, 0.05) is 24.7 Å². The highest BCUT2D eigenvalue weighted by molar-refractivity contribution is 9.10. The summed E-state index contributed by atoms with van der Waals surface area (Å²) in [6.07, 6.45) is 1.99. The number of piperidine rings is 1. The van der Waals surface area contributed by atoms with Crippen LogP contribution in [0, 0.1) is 0 Å². The van der Waals surface area contributed by atoms with Crippen molar-refractivity contribution < 1.29 is 14.3 Å². The third-order valence-corrected chi connectivity index (χ3v) is 4.62. The highest BCUT2D eigenvalue weighted by Gasteiger charge is 2.25. The first-order valence-corrected chi connectivity index (χ1v) is 8.04. The molecule has 0 bridgehead atoms. The minimum absolute atomic E-state index is 0.0576. The van der Waals surface area contributed by atoms with Crippen LogP contribution in [0.5, 0.6) is 11.5 Å². The summed E-state index contributed by atoms with van der Waals surface area (Å²) in [4.78, 5) is 14.5. The van der Waals surface area contributed by atoms with Crippen molar-refractivity contribution in [1.82, 2.24) is 10.2 Å². The summed E-state index contributed by atoms with van der Waals surface area (Å²) < 4.78 is 11.9. The van der Waals surface area contributed by atoms with Crippen LogP contribution >= 0.6 is 15.9 Å². The second-order valence-corrected chi connectivity index (χ2v) is 6.19. The second-order valence-electron chi connectivity index (χ2n) is 5.34. The summed E-state index contributed by atoms with van der Waals surface area (Å²) in [5.74, 6) is 1.39. The van der Waals surface area contributed by atoms with Crippen LogP contribution in [-0.2, 0) is 0 Å². The van der Waals surface area contributed by atoms with Gasteiger partial charge in [-0.2, -0.15) is 0 Å². The Morgan fingerprint density at radius 1 is 1.29 bits per heavy atom. The Balaban J connectivity index is 1.77. The topological polar surface area (TPSA) is 50.8 Å². The van der Waals surface area contributed by atoms with Gasteiger partial charge in [0.15, 0.2) is 11.5 Å². The smallest absolute Gasteiger partial charge is 0.254 e. The molecule has 6 heteroatoms. The molecular weight excluding hydrogens is 336 g/mol. The first-order chi connectivity index (χ1) is 10.2. The number of carbonyl (C=O) groups excluding carboxylic acids is 1. The number of fused-ring (bicyclic) bond motifs is 1. The van der Waals surface area contributed by atoms with E-state index in [1.54, 1.807) is 6.07 Å². The molecule has 1 aromatic carbocycles. The molecule has 3 rings (SSSR count). The molecule has 0 aromatic heterocycles. The Labute approximate surface area is 132 Å². The van der Waals surface area contributed by atoms with Crippen LogP contribution in [0.15, 0.2) is 16.6 Å². The van der Waals surface area contributed by atoms with Crippen molar-refractivity contribution in [2.24, 2.45) is 0 Å². The molecular formula is C15H19BrN2O3. The van der Waals surface area contributed by atoms with Crippen LogP contribution in [0.1, 0.15) is 23.2 Å². The highest BCUT2D eigenvalue weighted by Crippen LogP contribution is 2.38. The minimum atomic E-state index is 0.0576. The van der Waals surface area contributed by atoms with Gasteiger partial charge in [-0.3, -0.25) is 4.79 Å². The lowest BCUT2D eigenvalue weighted by molar-refractivity contribution is 0.0706. The number of halogens is 1. The Hall–Kier alpha value is -1.27. The maximum absolute atomic E-state index is 12.6. The van der Waals surface area contributed by atoms with Crippen molar-refractivity contribution in [1.29, 1.82) is 0 Å². The van der Waals surface area contributed by atoms with Gasteiger partial charge in [-0.1, -0.05) is 0 Å². The minimum Gasteiger partial charge on any atom is -0.486 e. The Morgan fingerprint density at radius 3 is 2.71 bits per heavy atom. The summed E-state index contributed by atoms with van der Waals surface area (Å²) in [7, 11) is 1.97. The van der Waals surface area contributed by atoms with Gasteiger partial charge in [0.25, 0.3) is 5.91 Å². The maximum atomic E-state index is 12.6. The van der Waals surface area contributed by atoms with E-state index < -0.39 is 0 Å². The Morgan fingerprint density at radius 2 is 2.00 bits per heavy atom. The molecule has 0 atom stereocenters. The Kier molecular flexibility index (Phi) is 4.35. The molecule has 2 aliphatic rings. The molecule has 2 heterocycles. The van der Waals surface area contributed by atoms with E-state index in [0.717, 1.165) is 30.4 Å². The van der Waals surface area contributed by atoms with Crippen LogP contribution in [0.4, 0.5) is 0 Å². The van der Waals surface area contributed by atoms with Gasteiger partial charge < -0.3 is 19.7 Å². The average molecular weight is 355 g/mol. The molecule has 5 nitrogen and oxygen atoms in total. The molecule has 1 N–H and O–H groups in total. The van der Waals surface area contributed by atoms with Crippen molar-refractivity contribution in [2.75, 3.05) is 33.4 Å². The summed E-state index contributed by atoms with van der Waals surface area (Å²) in [5.41, 5.74) is 0.647. The van der Waals surface area contributed by atoms with Crippen molar-refractivity contribution in [3.63, 3.8) is 0 Å². The van der Waals surface area contributed by atoms with Gasteiger partial charge in [-0.15, -0.1) is 0 Å². The zero-order valence-corrected chi connectivity index (χ0v) is 13.6. The molecule has 114 valence electrons. The van der Waals surface area contributed by atoms with E-state index in [4.69, 9.17) is 9.47 Å². The Bertz CT molecular complexity index is 542. The molecule has 0 spiro atoms. The first-order valence-electron chi connectivity index (χ1n) is 7.24. The van der Waals surface area contributed by atoms with Gasteiger partial charge in [-0.05, 0) is 48.0 Å². The summed E-state index contributed by atoms with van der Waals surface area (Å²) in [6.45, 7) is 2.63. The molecule has 2 aliphatic heterocycles. The van der Waals surface area contributed by atoms with Gasteiger partial charge in [-0.25, -0.2) is 0 Å². The van der Waals surface area contributed by atoms with Crippen LogP contribution in [-0.4, -0.2) is 50.2 Å². The van der Waals surface area contributed by atoms with E-state index in [9.17, 15) is 4.79 Å². The van der Waals surface area contributed by atoms with Crippen LogP contribution in [0.25, 0.3) is 0 Å². The van der Waals surface area contributed by atoms with E-state index in [0.29, 0.717) is 36.3 Å². The average Bonchev–Trinajstić information content (AvgIpc) is 2.54. The number of carbonyl (C=O) groups is 1. The fraction of sp³-hybridized carbons (Fsp3) is 0.533. The van der Waals surface area contributed by atoms with Crippen molar-refractivity contribution in [2.45, 2.75) is 18.9 Å². The predicted molar refractivity (Wildman–Crippen MR) is 83.1 cm³/mol. The number of nitrogens with zero attached hydrogens (tertiary/aromatic N) is 1. The van der Waals surface area contributed by atoms with Crippen molar-refractivity contribution in [3.8, 4) is 11.5 Å². The number of likely N-dealkylation sites (tertiary alicyclic amines) is 1. The van der Waals surface area contributed by atoms with E-state index in [-0.39, 0.29) is 5.91 Å². The number of ether oxygens (including phenoxy) is 2. The number of nitrogens with one attached hydrogen (secondary N) is 1. The van der Waals surface area contributed by atoms with Gasteiger partial charge in [0.2, 0.25) is 0 Å². The number of amides is 1. The molecule has 0 saturated carbocycles. The van der Waals surface area contributed by atoms with Crippen LogP contribution < -0.4 is 14.8 Å². The summed E-state index contributed by atoms with van der Waals surface area (Å²) in [5, 5.41) is 3.27. The SMILES string of the molecule is CNC1CCN(C(=O)c2cc(Br)c3c(c2)OCCO3)CC1. The number of hydrogen-bond donors (Lipinski definition) is 1. The van der Waals surface area contributed by atoms with E-state index >= 15 is 0 Å². The van der Waals surface area contributed by atoms with Gasteiger partial charge >= 0.3 is 0 Å². The molecule has 21 heavy (non-hydrogen) atoms. The van der Waals surface area contributed by atoms with Gasteiger partial charge in [0.05, 0.1) is 4.47 Å². The normalized spacial score (nSPS) is 18.7. The first kappa shape index (κ1) is 14.7. The van der Waals surface area contributed by atoms with E-state index in [2.05, 4.69) is 21.2 Å². The molecule has 0 unspecified atom stereocenters. The molecule has 1 fully saturated rings. The third kappa shape index (κ3) is 3.01. The van der Waals surface area contributed by atoms with Crippen molar-refractivity contribution >= 4 is 21.8 Å². The molecule has 1 aromatic rings. The maximum Gasteiger partial charge on any atom is 0.254 e. The lowest BCUT2D eigenvalue weighted by atomic mass is 10.0. The van der Waals surface area contributed by atoms with Crippen LogP contribution in [0.3, 0.4) is 0 Å². The van der Waals surface area contributed by atoms with Crippen molar-refractivity contribution in [3.05, 3.63) is 22.2 Å². The third-order valence-electron chi connectivity index (χ3n) is 4.03. The number of rotatable bonds is 2. The van der Waals surface area contributed by atoms with Crippen LogP contribution in [0.2, 0.25) is 0 Å². The standard InChI is InChI=1S/C15H19BrN2O3/c1-17-11-2-4-18(5-3-11)15(19)10-8-12(16)14-13(9-10)20-6-7-21-14/h8-9,11,17H,2-7H2,1H3. The van der Waals surface area contributed by atoms with E-state index in [1.165, 1.54) is 0 Å². The van der Waals surface area contributed by atoms with E-state index in [1.807, 2.05) is 18.0 Å².